The molecule has 13 heavy (non-hydrogen) atoms. The summed E-state index contributed by atoms with van der Waals surface area (Å²) in [4.78, 5) is 2.16. The Morgan fingerprint density at radius 1 is 1.31 bits per heavy atom. The van der Waals surface area contributed by atoms with Crippen LogP contribution in [0.5, 0.6) is 0 Å². The standard InChI is InChI=1S/C9H17N3S/c1-7-10-11-8(13-7)12(5)6-9(2,3)4/h6H2,1-5H3. The van der Waals surface area contributed by atoms with Crippen molar-refractivity contribution in [2.24, 2.45) is 5.41 Å². The molecule has 1 heterocycles. The van der Waals surface area contributed by atoms with Crippen molar-refractivity contribution in [1.29, 1.82) is 0 Å². The van der Waals surface area contributed by atoms with Crippen LogP contribution in [0.15, 0.2) is 0 Å². The summed E-state index contributed by atoms with van der Waals surface area (Å²) in [5.74, 6) is 0. The zero-order valence-electron chi connectivity index (χ0n) is 8.96. The van der Waals surface area contributed by atoms with E-state index >= 15 is 0 Å². The van der Waals surface area contributed by atoms with Crippen LogP contribution in [0.3, 0.4) is 0 Å². The van der Waals surface area contributed by atoms with Crippen LogP contribution in [0.2, 0.25) is 0 Å². The van der Waals surface area contributed by atoms with E-state index in [1.807, 2.05) is 6.92 Å². The minimum atomic E-state index is 0.300. The number of anilines is 1. The normalized spacial score (nSPS) is 11.8. The quantitative estimate of drug-likeness (QED) is 0.732. The molecule has 1 aromatic heterocycles. The molecule has 0 amide bonds. The molecule has 1 aromatic rings. The summed E-state index contributed by atoms with van der Waals surface area (Å²) in [6.45, 7) is 9.64. The number of rotatable bonds is 2. The maximum absolute atomic E-state index is 4.09. The maximum Gasteiger partial charge on any atom is 0.208 e. The van der Waals surface area contributed by atoms with E-state index in [-0.39, 0.29) is 0 Å². The highest BCUT2D eigenvalue weighted by Gasteiger charge is 2.15. The van der Waals surface area contributed by atoms with E-state index in [1.54, 1.807) is 11.3 Å². The topological polar surface area (TPSA) is 29.0 Å². The van der Waals surface area contributed by atoms with Gasteiger partial charge in [0.2, 0.25) is 5.13 Å². The molecule has 0 atom stereocenters. The van der Waals surface area contributed by atoms with Gasteiger partial charge in [0.05, 0.1) is 0 Å². The van der Waals surface area contributed by atoms with Crippen molar-refractivity contribution in [1.82, 2.24) is 10.2 Å². The summed E-state index contributed by atoms with van der Waals surface area (Å²) in [7, 11) is 2.06. The van der Waals surface area contributed by atoms with Crippen LogP contribution in [-0.4, -0.2) is 23.8 Å². The Kier molecular flexibility index (Phi) is 2.91. The predicted octanol–water partition coefficient (Wildman–Crippen LogP) is 2.33. The van der Waals surface area contributed by atoms with Gasteiger partial charge in [-0.25, -0.2) is 0 Å². The fraction of sp³-hybridized carbons (Fsp3) is 0.778. The molecule has 0 saturated heterocycles. The molecule has 0 aromatic carbocycles. The van der Waals surface area contributed by atoms with Gasteiger partial charge in [0.15, 0.2) is 0 Å². The van der Waals surface area contributed by atoms with Gasteiger partial charge in [0, 0.05) is 13.6 Å². The summed E-state index contributed by atoms with van der Waals surface area (Å²) in [5.41, 5.74) is 0.300. The van der Waals surface area contributed by atoms with E-state index in [9.17, 15) is 0 Å². The van der Waals surface area contributed by atoms with Crippen LogP contribution >= 0.6 is 11.3 Å². The predicted molar refractivity (Wildman–Crippen MR) is 57.4 cm³/mol. The van der Waals surface area contributed by atoms with E-state index in [0.29, 0.717) is 5.41 Å². The minimum Gasteiger partial charge on any atom is -0.349 e. The molecular formula is C9H17N3S. The molecule has 0 N–H and O–H groups in total. The van der Waals surface area contributed by atoms with Crippen molar-refractivity contribution in [2.45, 2.75) is 27.7 Å². The smallest absolute Gasteiger partial charge is 0.208 e. The Morgan fingerprint density at radius 3 is 2.31 bits per heavy atom. The first-order valence-corrected chi connectivity index (χ1v) is 5.21. The van der Waals surface area contributed by atoms with E-state index < -0.39 is 0 Å². The molecule has 0 aliphatic carbocycles. The Hall–Kier alpha value is -0.640. The molecule has 0 bridgehead atoms. The lowest BCUT2D eigenvalue weighted by Gasteiger charge is -2.25. The molecule has 0 saturated carbocycles. The fourth-order valence-electron chi connectivity index (χ4n) is 1.22. The Morgan fingerprint density at radius 2 is 1.92 bits per heavy atom. The molecule has 0 radical (unpaired) electrons. The Bertz CT molecular complexity index is 275. The van der Waals surface area contributed by atoms with Crippen molar-refractivity contribution in [3.05, 3.63) is 5.01 Å². The van der Waals surface area contributed by atoms with Crippen LogP contribution in [-0.2, 0) is 0 Å². The van der Waals surface area contributed by atoms with Crippen LogP contribution in [0.25, 0.3) is 0 Å². The summed E-state index contributed by atoms with van der Waals surface area (Å²) < 4.78 is 0. The van der Waals surface area contributed by atoms with Crippen LogP contribution in [0.4, 0.5) is 5.13 Å². The van der Waals surface area contributed by atoms with Gasteiger partial charge in [-0.3, -0.25) is 0 Å². The van der Waals surface area contributed by atoms with E-state index in [0.717, 1.165) is 16.7 Å². The lowest BCUT2D eigenvalue weighted by atomic mass is 9.96. The van der Waals surface area contributed by atoms with Gasteiger partial charge in [0.25, 0.3) is 0 Å². The second-order valence-corrected chi connectivity index (χ2v) is 5.68. The largest absolute Gasteiger partial charge is 0.349 e. The zero-order valence-corrected chi connectivity index (χ0v) is 9.77. The van der Waals surface area contributed by atoms with Crippen molar-refractivity contribution >= 4 is 16.5 Å². The molecule has 1 rings (SSSR count). The number of aromatic nitrogens is 2. The van der Waals surface area contributed by atoms with E-state index in [4.69, 9.17) is 0 Å². The monoisotopic (exact) mass is 199 g/mol. The van der Waals surface area contributed by atoms with Crippen molar-refractivity contribution in [3.63, 3.8) is 0 Å². The summed E-state index contributed by atoms with van der Waals surface area (Å²) in [6, 6.07) is 0. The first kappa shape index (κ1) is 10.4. The molecule has 0 fully saturated rings. The third kappa shape index (κ3) is 3.30. The fourth-order valence-corrected chi connectivity index (χ4v) is 1.87. The SMILES string of the molecule is Cc1nnc(N(C)CC(C)(C)C)s1. The third-order valence-corrected chi connectivity index (χ3v) is 2.51. The summed E-state index contributed by atoms with van der Waals surface area (Å²) in [6.07, 6.45) is 0. The molecule has 3 nitrogen and oxygen atoms in total. The number of nitrogens with zero attached hydrogens (tertiary/aromatic N) is 3. The number of hydrogen-bond donors (Lipinski definition) is 0. The Balaban J connectivity index is 2.64. The minimum absolute atomic E-state index is 0.300. The Labute approximate surface area is 83.8 Å². The first-order valence-electron chi connectivity index (χ1n) is 4.40. The van der Waals surface area contributed by atoms with Gasteiger partial charge in [0.1, 0.15) is 5.01 Å². The second kappa shape index (κ2) is 3.62. The van der Waals surface area contributed by atoms with Gasteiger partial charge in [-0.2, -0.15) is 0 Å². The lowest BCUT2D eigenvalue weighted by Crippen LogP contribution is -2.28. The average Bonchev–Trinajstić information content (AvgIpc) is 2.31. The second-order valence-electron chi connectivity index (χ2n) is 4.52. The molecule has 0 unspecified atom stereocenters. The summed E-state index contributed by atoms with van der Waals surface area (Å²) >= 11 is 1.64. The van der Waals surface area contributed by atoms with Crippen molar-refractivity contribution in [2.75, 3.05) is 18.5 Å². The van der Waals surface area contributed by atoms with Crippen molar-refractivity contribution in [3.8, 4) is 0 Å². The van der Waals surface area contributed by atoms with E-state index in [1.165, 1.54) is 0 Å². The zero-order chi connectivity index (χ0) is 10.1. The van der Waals surface area contributed by atoms with Gasteiger partial charge in [-0.05, 0) is 12.3 Å². The number of aryl methyl sites for hydroxylation is 1. The van der Waals surface area contributed by atoms with Gasteiger partial charge >= 0.3 is 0 Å². The van der Waals surface area contributed by atoms with Crippen LogP contribution < -0.4 is 4.90 Å². The average molecular weight is 199 g/mol. The van der Waals surface area contributed by atoms with Gasteiger partial charge in [-0.1, -0.05) is 32.1 Å². The van der Waals surface area contributed by atoms with E-state index in [2.05, 4.69) is 42.9 Å². The third-order valence-electron chi connectivity index (χ3n) is 1.55. The highest BCUT2D eigenvalue weighted by molar-refractivity contribution is 7.15. The molecule has 74 valence electrons. The van der Waals surface area contributed by atoms with Gasteiger partial charge in [-0.15, -0.1) is 10.2 Å². The molecule has 0 spiro atoms. The van der Waals surface area contributed by atoms with Gasteiger partial charge < -0.3 is 4.90 Å². The number of hydrogen-bond acceptors (Lipinski definition) is 4. The first-order chi connectivity index (χ1) is 5.88. The van der Waals surface area contributed by atoms with Crippen LogP contribution in [0.1, 0.15) is 25.8 Å². The highest BCUT2D eigenvalue weighted by Crippen LogP contribution is 2.22. The maximum atomic E-state index is 4.09. The van der Waals surface area contributed by atoms with Crippen LogP contribution in [0, 0.1) is 12.3 Å². The lowest BCUT2D eigenvalue weighted by molar-refractivity contribution is 0.418. The molecule has 0 aliphatic heterocycles. The molecule has 4 heteroatoms. The summed E-state index contributed by atoms with van der Waals surface area (Å²) in [5, 5.41) is 10.1. The molecular weight excluding hydrogens is 182 g/mol. The highest BCUT2D eigenvalue weighted by atomic mass is 32.1. The van der Waals surface area contributed by atoms with Crippen molar-refractivity contribution < 1.29 is 0 Å². The molecule has 0 aliphatic rings.